The number of hydrogen-bond donors (Lipinski definition) is 1. The molecule has 0 spiro atoms. The molecular formula is C17H12Cl2N4O5S. The van der Waals surface area contributed by atoms with Crippen LogP contribution in [0.4, 0.5) is 0 Å². The van der Waals surface area contributed by atoms with Gasteiger partial charge in [0.2, 0.25) is 21.5 Å². The second-order valence-corrected chi connectivity index (χ2v) is 8.06. The van der Waals surface area contributed by atoms with Gasteiger partial charge < -0.3 is 4.74 Å². The molecule has 150 valence electrons. The minimum absolute atomic E-state index is 0.132. The lowest BCUT2D eigenvalue weighted by atomic mass is 10.1. The Hall–Kier alpha value is -2.79. The van der Waals surface area contributed by atoms with Crippen molar-refractivity contribution in [1.29, 1.82) is 0 Å². The SMILES string of the molecule is COC(=O)c1nnn(-c2ccc(S(N)(=O)=O)cc2)c1C(=O)c1ccc(Cl)c(Cl)c1. The summed E-state index contributed by atoms with van der Waals surface area (Å²) in [5, 5.41) is 13.1. The second kappa shape index (κ2) is 7.91. The summed E-state index contributed by atoms with van der Waals surface area (Å²) in [4.78, 5) is 25.1. The monoisotopic (exact) mass is 454 g/mol. The quantitative estimate of drug-likeness (QED) is 0.461. The average molecular weight is 455 g/mol. The summed E-state index contributed by atoms with van der Waals surface area (Å²) >= 11 is 11.9. The van der Waals surface area contributed by atoms with Crippen LogP contribution < -0.4 is 5.14 Å². The van der Waals surface area contributed by atoms with Gasteiger partial charge in [-0.3, -0.25) is 4.79 Å². The second-order valence-electron chi connectivity index (χ2n) is 5.69. The fourth-order valence-corrected chi connectivity index (χ4v) is 3.27. The number of rotatable bonds is 5. The summed E-state index contributed by atoms with van der Waals surface area (Å²) in [5.74, 6) is -1.50. The highest BCUT2D eigenvalue weighted by Gasteiger charge is 2.28. The van der Waals surface area contributed by atoms with E-state index in [0.717, 1.165) is 11.8 Å². The predicted octanol–water partition coefficient (Wildman–Crippen LogP) is 2.24. The van der Waals surface area contributed by atoms with E-state index in [1.807, 2.05) is 0 Å². The molecule has 0 radical (unpaired) electrons. The van der Waals surface area contributed by atoms with Crippen molar-refractivity contribution in [3.8, 4) is 5.69 Å². The summed E-state index contributed by atoms with van der Waals surface area (Å²) in [6.07, 6.45) is 0. The standard InChI is InChI=1S/C17H12Cl2N4O5S/c1-28-17(25)14-15(16(24)9-2-7-12(18)13(19)8-9)23(22-21-14)10-3-5-11(6-4-10)29(20,26)27/h2-8H,1H3,(H2,20,26,27). The Balaban J connectivity index is 2.16. The van der Waals surface area contributed by atoms with E-state index in [-0.39, 0.29) is 37.6 Å². The van der Waals surface area contributed by atoms with Crippen molar-refractivity contribution < 1.29 is 22.7 Å². The Morgan fingerprint density at radius 3 is 2.28 bits per heavy atom. The summed E-state index contributed by atoms with van der Waals surface area (Å²) in [5.41, 5.74) is -0.115. The van der Waals surface area contributed by atoms with E-state index >= 15 is 0 Å². The number of nitrogens with zero attached hydrogens (tertiary/aromatic N) is 3. The Labute approximate surface area is 175 Å². The van der Waals surface area contributed by atoms with Crippen LogP contribution in [0.15, 0.2) is 47.4 Å². The van der Waals surface area contributed by atoms with Crippen molar-refractivity contribution in [2.45, 2.75) is 4.90 Å². The Morgan fingerprint density at radius 1 is 1.07 bits per heavy atom. The van der Waals surface area contributed by atoms with Gasteiger partial charge >= 0.3 is 5.97 Å². The first-order valence-corrected chi connectivity index (χ1v) is 10.1. The molecule has 3 rings (SSSR count). The van der Waals surface area contributed by atoms with Crippen molar-refractivity contribution in [3.63, 3.8) is 0 Å². The molecule has 2 N–H and O–H groups in total. The van der Waals surface area contributed by atoms with Crippen molar-refractivity contribution in [2.24, 2.45) is 5.14 Å². The minimum atomic E-state index is -3.91. The molecule has 29 heavy (non-hydrogen) atoms. The number of esters is 1. The van der Waals surface area contributed by atoms with Gasteiger partial charge in [-0.05, 0) is 42.5 Å². The normalized spacial score (nSPS) is 11.3. The van der Waals surface area contributed by atoms with E-state index in [9.17, 15) is 18.0 Å². The third-order valence-electron chi connectivity index (χ3n) is 3.86. The maximum atomic E-state index is 13.1. The predicted molar refractivity (Wildman–Crippen MR) is 104 cm³/mol. The largest absolute Gasteiger partial charge is 0.464 e. The molecule has 0 unspecified atom stereocenters. The number of aromatic nitrogens is 3. The first kappa shape index (κ1) is 20.9. The molecule has 9 nitrogen and oxygen atoms in total. The molecule has 12 heteroatoms. The van der Waals surface area contributed by atoms with E-state index in [4.69, 9.17) is 28.3 Å². The highest BCUT2D eigenvalue weighted by molar-refractivity contribution is 7.89. The number of methoxy groups -OCH3 is 1. The van der Waals surface area contributed by atoms with E-state index < -0.39 is 21.8 Å². The van der Waals surface area contributed by atoms with E-state index in [1.165, 1.54) is 42.5 Å². The zero-order valence-corrected chi connectivity index (χ0v) is 17.0. The molecule has 0 amide bonds. The van der Waals surface area contributed by atoms with Gasteiger partial charge in [0.05, 0.1) is 27.7 Å². The zero-order chi connectivity index (χ0) is 21.3. The van der Waals surface area contributed by atoms with Crippen LogP contribution in [0.1, 0.15) is 26.5 Å². The Kier molecular flexibility index (Phi) is 5.71. The number of primary sulfonamides is 1. The molecule has 0 bridgehead atoms. The smallest absolute Gasteiger partial charge is 0.361 e. The first-order chi connectivity index (χ1) is 13.6. The van der Waals surface area contributed by atoms with Crippen LogP contribution in [0.2, 0.25) is 10.0 Å². The lowest BCUT2D eigenvalue weighted by molar-refractivity contribution is 0.0590. The van der Waals surface area contributed by atoms with Crippen molar-refractivity contribution in [1.82, 2.24) is 15.0 Å². The number of nitrogens with two attached hydrogens (primary N) is 1. The van der Waals surface area contributed by atoms with Crippen LogP contribution in [0.5, 0.6) is 0 Å². The van der Waals surface area contributed by atoms with Gasteiger partial charge in [0, 0.05) is 5.56 Å². The highest BCUT2D eigenvalue weighted by Crippen LogP contribution is 2.25. The fourth-order valence-electron chi connectivity index (χ4n) is 2.45. The Morgan fingerprint density at radius 2 is 1.72 bits per heavy atom. The first-order valence-electron chi connectivity index (χ1n) is 7.80. The zero-order valence-electron chi connectivity index (χ0n) is 14.7. The van der Waals surface area contributed by atoms with Crippen molar-refractivity contribution in [2.75, 3.05) is 7.11 Å². The molecule has 0 atom stereocenters. The van der Waals surface area contributed by atoms with Crippen LogP contribution in [0.3, 0.4) is 0 Å². The molecular weight excluding hydrogens is 443 g/mol. The molecule has 2 aromatic carbocycles. The summed E-state index contributed by atoms with van der Waals surface area (Å²) in [6.45, 7) is 0. The number of carbonyl (C=O) groups is 2. The van der Waals surface area contributed by atoms with Crippen LogP contribution in [-0.2, 0) is 14.8 Å². The molecule has 0 saturated heterocycles. The molecule has 0 aliphatic carbocycles. The molecule has 0 saturated carbocycles. The third kappa shape index (κ3) is 4.15. The molecule has 0 aliphatic rings. The summed E-state index contributed by atoms with van der Waals surface area (Å²) in [7, 11) is -2.77. The molecule has 3 aromatic rings. The van der Waals surface area contributed by atoms with Crippen LogP contribution >= 0.6 is 23.2 Å². The molecule has 1 aromatic heterocycles. The minimum Gasteiger partial charge on any atom is -0.464 e. The van der Waals surface area contributed by atoms with Gasteiger partial charge in [-0.1, -0.05) is 28.4 Å². The van der Waals surface area contributed by atoms with Gasteiger partial charge in [-0.15, -0.1) is 5.10 Å². The van der Waals surface area contributed by atoms with Gasteiger partial charge in [0.25, 0.3) is 0 Å². The van der Waals surface area contributed by atoms with Gasteiger partial charge in [0.15, 0.2) is 0 Å². The fraction of sp³-hybridized carbons (Fsp3) is 0.0588. The summed E-state index contributed by atoms with van der Waals surface area (Å²) in [6, 6.07) is 9.40. The third-order valence-corrected chi connectivity index (χ3v) is 5.52. The number of sulfonamides is 1. The number of ether oxygens (including phenoxy) is 1. The van der Waals surface area contributed by atoms with E-state index in [0.29, 0.717) is 0 Å². The van der Waals surface area contributed by atoms with Crippen molar-refractivity contribution in [3.05, 3.63) is 69.5 Å². The highest BCUT2D eigenvalue weighted by atomic mass is 35.5. The van der Waals surface area contributed by atoms with Crippen LogP contribution in [0, 0.1) is 0 Å². The number of halogens is 2. The maximum absolute atomic E-state index is 13.1. The number of ketones is 1. The number of benzene rings is 2. The topological polar surface area (TPSA) is 134 Å². The van der Waals surface area contributed by atoms with Gasteiger partial charge in [-0.25, -0.2) is 23.0 Å². The average Bonchev–Trinajstić information content (AvgIpc) is 3.13. The van der Waals surface area contributed by atoms with Crippen LogP contribution in [0.25, 0.3) is 5.69 Å². The van der Waals surface area contributed by atoms with Gasteiger partial charge in [-0.2, -0.15) is 0 Å². The number of hydrogen-bond acceptors (Lipinski definition) is 7. The maximum Gasteiger partial charge on any atom is 0.361 e. The van der Waals surface area contributed by atoms with E-state index in [1.54, 1.807) is 0 Å². The van der Waals surface area contributed by atoms with Crippen molar-refractivity contribution >= 4 is 45.0 Å². The van der Waals surface area contributed by atoms with E-state index in [2.05, 4.69) is 15.0 Å². The van der Waals surface area contributed by atoms with Crippen LogP contribution in [-0.4, -0.2) is 42.3 Å². The molecule has 1 heterocycles. The molecule has 0 fully saturated rings. The lowest BCUT2D eigenvalue weighted by Gasteiger charge is -2.08. The van der Waals surface area contributed by atoms with Gasteiger partial charge in [0.1, 0.15) is 5.69 Å². The molecule has 0 aliphatic heterocycles. The number of carbonyl (C=O) groups excluding carboxylic acids is 2. The summed E-state index contributed by atoms with van der Waals surface area (Å²) < 4.78 is 28.6. The lowest BCUT2D eigenvalue weighted by Crippen LogP contribution is -2.16. The Bertz CT molecular complexity index is 1220.